The SMILES string of the molecule is Cc1cc(C(=O)NNC(=O)c2ccc([N+](=O)[O-])cc2)c(C)n1-c1nccs1. The molecule has 27 heavy (non-hydrogen) atoms. The first-order chi connectivity index (χ1) is 12.9. The van der Waals surface area contributed by atoms with Crippen molar-refractivity contribution in [3.63, 3.8) is 0 Å². The van der Waals surface area contributed by atoms with Crippen LogP contribution in [0.4, 0.5) is 5.69 Å². The summed E-state index contributed by atoms with van der Waals surface area (Å²) in [5.74, 6) is -1.05. The summed E-state index contributed by atoms with van der Waals surface area (Å²) in [4.78, 5) is 38.9. The molecule has 10 heteroatoms. The highest BCUT2D eigenvalue weighted by Crippen LogP contribution is 2.22. The number of thiazole rings is 1. The summed E-state index contributed by atoms with van der Waals surface area (Å²) in [6.45, 7) is 3.65. The van der Waals surface area contributed by atoms with Gasteiger partial charge in [0.15, 0.2) is 5.13 Å². The molecule has 0 saturated carbocycles. The number of carbonyl (C=O) groups is 2. The summed E-state index contributed by atoms with van der Waals surface area (Å²) in [6, 6.07) is 6.78. The standard InChI is InChI=1S/C17H15N5O4S/c1-10-9-14(11(2)21(10)17-18-7-8-27-17)16(24)20-19-15(23)12-3-5-13(6-4-12)22(25)26/h3-9H,1-2H3,(H,19,23)(H,20,24). The number of nitrogens with one attached hydrogen (secondary N) is 2. The van der Waals surface area contributed by atoms with E-state index in [1.165, 1.54) is 35.6 Å². The average molecular weight is 385 g/mol. The zero-order chi connectivity index (χ0) is 19.6. The molecule has 138 valence electrons. The molecule has 0 radical (unpaired) electrons. The number of rotatable bonds is 4. The molecule has 0 aliphatic heterocycles. The van der Waals surface area contributed by atoms with E-state index >= 15 is 0 Å². The van der Waals surface area contributed by atoms with Crippen LogP contribution < -0.4 is 10.9 Å². The van der Waals surface area contributed by atoms with E-state index in [9.17, 15) is 19.7 Å². The second-order valence-electron chi connectivity index (χ2n) is 5.65. The van der Waals surface area contributed by atoms with Crippen molar-refractivity contribution in [2.24, 2.45) is 0 Å². The second kappa shape index (κ2) is 7.38. The predicted molar refractivity (Wildman–Crippen MR) is 98.9 cm³/mol. The maximum atomic E-state index is 12.4. The molecule has 0 bridgehead atoms. The number of hydrogen-bond acceptors (Lipinski definition) is 6. The molecule has 0 aliphatic rings. The van der Waals surface area contributed by atoms with Gasteiger partial charge in [-0.1, -0.05) is 0 Å². The monoisotopic (exact) mass is 385 g/mol. The van der Waals surface area contributed by atoms with Gasteiger partial charge in [0.25, 0.3) is 17.5 Å². The Bertz CT molecular complexity index is 1010. The van der Waals surface area contributed by atoms with Gasteiger partial charge in [0, 0.05) is 40.7 Å². The van der Waals surface area contributed by atoms with Crippen molar-refractivity contribution in [1.82, 2.24) is 20.4 Å². The Hall–Kier alpha value is -3.53. The van der Waals surface area contributed by atoms with Gasteiger partial charge in [-0.2, -0.15) is 0 Å². The molecular formula is C17H15N5O4S. The average Bonchev–Trinajstić information content (AvgIpc) is 3.27. The van der Waals surface area contributed by atoms with Gasteiger partial charge in [-0.25, -0.2) is 4.98 Å². The van der Waals surface area contributed by atoms with Crippen molar-refractivity contribution in [3.05, 3.63) is 74.5 Å². The number of aryl methyl sites for hydroxylation is 1. The Morgan fingerprint density at radius 1 is 1.15 bits per heavy atom. The number of hydrogen-bond donors (Lipinski definition) is 2. The molecule has 3 aromatic rings. The van der Waals surface area contributed by atoms with E-state index in [0.717, 1.165) is 10.8 Å². The van der Waals surface area contributed by atoms with Gasteiger partial charge in [0.05, 0.1) is 10.5 Å². The lowest BCUT2D eigenvalue weighted by Gasteiger charge is -2.08. The van der Waals surface area contributed by atoms with Gasteiger partial charge >= 0.3 is 0 Å². The molecule has 0 saturated heterocycles. The number of amides is 2. The normalized spacial score (nSPS) is 10.4. The number of aromatic nitrogens is 2. The smallest absolute Gasteiger partial charge is 0.271 e. The first kappa shape index (κ1) is 18.3. The lowest BCUT2D eigenvalue weighted by atomic mass is 10.2. The predicted octanol–water partition coefficient (Wildman–Crippen LogP) is 2.53. The molecule has 0 atom stereocenters. The van der Waals surface area contributed by atoms with Crippen LogP contribution >= 0.6 is 11.3 Å². The fraction of sp³-hybridized carbons (Fsp3) is 0.118. The van der Waals surface area contributed by atoms with Crippen molar-refractivity contribution < 1.29 is 14.5 Å². The minimum atomic E-state index is -0.577. The Balaban J connectivity index is 1.70. The Kier molecular flexibility index (Phi) is 4.99. The molecule has 0 aliphatic carbocycles. The highest BCUT2D eigenvalue weighted by atomic mass is 32.1. The van der Waals surface area contributed by atoms with Crippen LogP contribution in [0.2, 0.25) is 0 Å². The summed E-state index contributed by atoms with van der Waals surface area (Å²) >= 11 is 1.45. The summed E-state index contributed by atoms with van der Waals surface area (Å²) in [7, 11) is 0. The largest absolute Gasteiger partial charge is 0.294 e. The summed E-state index contributed by atoms with van der Waals surface area (Å²) in [6.07, 6.45) is 1.68. The number of hydrazine groups is 1. The molecule has 3 rings (SSSR count). The third-order valence-corrected chi connectivity index (χ3v) is 4.67. The van der Waals surface area contributed by atoms with Crippen molar-refractivity contribution in [1.29, 1.82) is 0 Å². The summed E-state index contributed by atoms with van der Waals surface area (Å²) in [5.41, 5.74) is 6.68. The lowest BCUT2D eigenvalue weighted by Crippen LogP contribution is -2.41. The Labute approximate surface area is 157 Å². The van der Waals surface area contributed by atoms with Crippen LogP contribution in [0.3, 0.4) is 0 Å². The fourth-order valence-electron chi connectivity index (χ4n) is 2.60. The topological polar surface area (TPSA) is 119 Å². The molecule has 2 N–H and O–H groups in total. The molecule has 0 fully saturated rings. The van der Waals surface area contributed by atoms with E-state index < -0.39 is 16.7 Å². The van der Waals surface area contributed by atoms with Gasteiger partial charge in [-0.05, 0) is 32.0 Å². The van der Waals surface area contributed by atoms with Crippen LogP contribution in [0.1, 0.15) is 32.1 Å². The molecule has 2 aromatic heterocycles. The van der Waals surface area contributed by atoms with Gasteiger partial charge in [-0.15, -0.1) is 11.3 Å². The third kappa shape index (κ3) is 3.70. The highest BCUT2D eigenvalue weighted by molar-refractivity contribution is 7.12. The minimum absolute atomic E-state index is 0.120. The molecule has 9 nitrogen and oxygen atoms in total. The first-order valence-electron chi connectivity index (χ1n) is 7.82. The van der Waals surface area contributed by atoms with E-state index in [-0.39, 0.29) is 11.3 Å². The van der Waals surface area contributed by atoms with Crippen LogP contribution in [-0.2, 0) is 0 Å². The summed E-state index contributed by atoms with van der Waals surface area (Å²) < 4.78 is 1.86. The Morgan fingerprint density at radius 3 is 2.41 bits per heavy atom. The number of benzene rings is 1. The van der Waals surface area contributed by atoms with E-state index in [0.29, 0.717) is 11.3 Å². The maximum absolute atomic E-state index is 12.4. The van der Waals surface area contributed by atoms with Crippen LogP contribution in [0.5, 0.6) is 0 Å². The number of non-ortho nitro benzene ring substituents is 1. The van der Waals surface area contributed by atoms with Crippen LogP contribution in [0, 0.1) is 24.0 Å². The van der Waals surface area contributed by atoms with Crippen LogP contribution in [-0.4, -0.2) is 26.3 Å². The van der Waals surface area contributed by atoms with E-state index in [1.54, 1.807) is 19.2 Å². The molecule has 2 heterocycles. The number of nitrogens with zero attached hydrogens (tertiary/aromatic N) is 3. The molecule has 0 spiro atoms. The van der Waals surface area contributed by atoms with E-state index in [1.807, 2.05) is 16.9 Å². The molecule has 0 unspecified atom stereocenters. The highest BCUT2D eigenvalue weighted by Gasteiger charge is 2.18. The van der Waals surface area contributed by atoms with Crippen molar-refractivity contribution in [2.45, 2.75) is 13.8 Å². The quantitative estimate of drug-likeness (QED) is 0.528. The van der Waals surface area contributed by atoms with Crippen LogP contribution in [0.25, 0.3) is 5.13 Å². The fourth-order valence-corrected chi connectivity index (χ4v) is 3.35. The van der Waals surface area contributed by atoms with Crippen molar-refractivity contribution in [2.75, 3.05) is 0 Å². The lowest BCUT2D eigenvalue weighted by molar-refractivity contribution is -0.384. The number of nitro benzene ring substituents is 1. The maximum Gasteiger partial charge on any atom is 0.271 e. The van der Waals surface area contributed by atoms with Crippen molar-refractivity contribution >= 4 is 28.8 Å². The molecule has 1 aromatic carbocycles. The van der Waals surface area contributed by atoms with E-state index in [4.69, 9.17) is 0 Å². The molecular weight excluding hydrogens is 370 g/mol. The zero-order valence-corrected chi connectivity index (χ0v) is 15.2. The molecule has 2 amide bonds. The van der Waals surface area contributed by atoms with E-state index in [2.05, 4.69) is 15.8 Å². The minimum Gasteiger partial charge on any atom is -0.294 e. The number of carbonyl (C=O) groups excluding carboxylic acids is 2. The van der Waals surface area contributed by atoms with Gasteiger partial charge < -0.3 is 0 Å². The third-order valence-electron chi connectivity index (χ3n) is 3.92. The number of nitro groups is 1. The van der Waals surface area contributed by atoms with Gasteiger partial charge in [0.2, 0.25) is 0 Å². The zero-order valence-electron chi connectivity index (χ0n) is 14.4. The summed E-state index contributed by atoms with van der Waals surface area (Å²) in [5, 5.41) is 13.2. The Morgan fingerprint density at radius 2 is 1.81 bits per heavy atom. The second-order valence-corrected chi connectivity index (χ2v) is 6.52. The van der Waals surface area contributed by atoms with Gasteiger partial charge in [-0.3, -0.25) is 35.1 Å². The first-order valence-corrected chi connectivity index (χ1v) is 8.70. The van der Waals surface area contributed by atoms with Crippen LogP contribution in [0.15, 0.2) is 41.9 Å². The van der Waals surface area contributed by atoms with Crippen molar-refractivity contribution in [3.8, 4) is 5.13 Å². The van der Waals surface area contributed by atoms with Gasteiger partial charge in [0.1, 0.15) is 0 Å².